The molecule has 2 aromatic heterocycles. The first kappa shape index (κ1) is 24.1. The highest BCUT2D eigenvalue weighted by molar-refractivity contribution is 7.19. The molecule has 2 heterocycles. The number of carbonyl (C=O) groups is 2. The number of aromatic nitrogens is 2. The summed E-state index contributed by atoms with van der Waals surface area (Å²) < 4.78 is 0. The normalized spacial score (nSPS) is 11.6. The molecule has 3 aromatic carbocycles. The molecule has 0 unspecified atom stereocenters. The summed E-state index contributed by atoms with van der Waals surface area (Å²) in [4.78, 5) is 35.1. The van der Waals surface area contributed by atoms with Crippen LogP contribution in [0.3, 0.4) is 0 Å². The Morgan fingerprint density at radius 3 is 2.14 bits per heavy atom. The third-order valence-electron chi connectivity index (χ3n) is 5.92. The van der Waals surface area contributed by atoms with Gasteiger partial charge in [-0.15, -0.1) is 11.3 Å². The molecule has 0 spiro atoms. The Labute approximate surface area is 218 Å². The summed E-state index contributed by atoms with van der Waals surface area (Å²) >= 11 is 1.60. The van der Waals surface area contributed by atoms with Crippen LogP contribution in [0.4, 0.5) is 0 Å². The van der Waals surface area contributed by atoms with E-state index in [-0.39, 0.29) is 5.91 Å². The monoisotopic (exact) mass is 504 g/mol. The van der Waals surface area contributed by atoms with Gasteiger partial charge in [0.15, 0.2) is 0 Å². The minimum Gasteiger partial charge on any atom is -0.368 e. The smallest absolute Gasteiger partial charge is 0.251 e. The van der Waals surface area contributed by atoms with Crippen molar-refractivity contribution in [3.05, 3.63) is 121 Å². The fourth-order valence-electron chi connectivity index (χ4n) is 4.01. The van der Waals surface area contributed by atoms with Crippen molar-refractivity contribution in [3.63, 3.8) is 0 Å². The van der Waals surface area contributed by atoms with Crippen molar-refractivity contribution in [2.24, 2.45) is 5.73 Å². The van der Waals surface area contributed by atoms with Crippen LogP contribution in [0.5, 0.6) is 0 Å². The Balaban J connectivity index is 1.41. The van der Waals surface area contributed by atoms with Gasteiger partial charge in [-0.2, -0.15) is 0 Å². The standard InChI is InChI=1S/C30H24N4O2S/c31-28(35)25(18-20-8-3-1-4-9-20)33-29(36)23-15-13-21(14-16-23)26-27(22-10-5-2-6-11-22)37-30(34-26)24-12-7-17-32-19-24/h1-17,19,25H,18H2,(H2,31,35)(H,33,36)/t25-/m0/s1. The quantitative estimate of drug-likeness (QED) is 0.297. The van der Waals surface area contributed by atoms with Gasteiger partial charge in [-0.25, -0.2) is 4.98 Å². The maximum atomic E-state index is 12.9. The van der Waals surface area contributed by atoms with E-state index in [9.17, 15) is 9.59 Å². The fourth-order valence-corrected chi connectivity index (χ4v) is 5.09. The first-order chi connectivity index (χ1) is 18.1. The van der Waals surface area contributed by atoms with Crippen LogP contribution >= 0.6 is 11.3 Å². The summed E-state index contributed by atoms with van der Waals surface area (Å²) in [6, 6.07) is 29.9. The molecule has 5 rings (SSSR count). The molecule has 37 heavy (non-hydrogen) atoms. The Morgan fingerprint density at radius 1 is 0.811 bits per heavy atom. The Kier molecular flexibility index (Phi) is 7.14. The number of pyridine rings is 1. The van der Waals surface area contributed by atoms with E-state index in [2.05, 4.69) is 22.4 Å². The minimum atomic E-state index is -0.806. The Bertz CT molecular complexity index is 1500. The SMILES string of the molecule is NC(=O)[C@H](Cc1ccccc1)NC(=O)c1ccc(-c2nc(-c3cccnc3)sc2-c2ccccc2)cc1. The number of hydrogen-bond acceptors (Lipinski definition) is 5. The molecule has 0 aliphatic carbocycles. The summed E-state index contributed by atoms with van der Waals surface area (Å²) in [5.41, 5.74) is 10.7. The van der Waals surface area contributed by atoms with Gasteiger partial charge in [0.25, 0.3) is 5.91 Å². The number of nitrogens with zero attached hydrogens (tertiary/aromatic N) is 2. The van der Waals surface area contributed by atoms with E-state index in [1.807, 2.05) is 72.8 Å². The predicted molar refractivity (Wildman–Crippen MR) is 147 cm³/mol. The largest absolute Gasteiger partial charge is 0.368 e. The average molecular weight is 505 g/mol. The van der Waals surface area contributed by atoms with Gasteiger partial charge in [-0.3, -0.25) is 14.6 Å². The number of amides is 2. The molecule has 0 aliphatic rings. The fraction of sp³-hybridized carbons (Fsp3) is 0.0667. The van der Waals surface area contributed by atoms with Gasteiger partial charge in [-0.1, -0.05) is 72.8 Å². The van der Waals surface area contributed by atoms with Crippen molar-refractivity contribution in [1.82, 2.24) is 15.3 Å². The van der Waals surface area contributed by atoms with Crippen molar-refractivity contribution in [1.29, 1.82) is 0 Å². The van der Waals surface area contributed by atoms with Crippen LogP contribution < -0.4 is 11.1 Å². The molecule has 5 aromatic rings. The van der Waals surface area contributed by atoms with E-state index < -0.39 is 11.9 Å². The van der Waals surface area contributed by atoms with Crippen LogP contribution in [0.15, 0.2) is 109 Å². The maximum absolute atomic E-state index is 12.9. The third kappa shape index (κ3) is 5.63. The first-order valence-electron chi connectivity index (χ1n) is 11.8. The van der Waals surface area contributed by atoms with Gasteiger partial charge in [0, 0.05) is 35.5 Å². The van der Waals surface area contributed by atoms with Gasteiger partial charge >= 0.3 is 0 Å². The summed E-state index contributed by atoms with van der Waals surface area (Å²) in [7, 11) is 0. The van der Waals surface area contributed by atoms with Crippen LogP contribution in [0.1, 0.15) is 15.9 Å². The number of benzene rings is 3. The highest BCUT2D eigenvalue weighted by atomic mass is 32.1. The van der Waals surface area contributed by atoms with Crippen LogP contribution in [0, 0.1) is 0 Å². The second kappa shape index (κ2) is 11.0. The number of rotatable bonds is 8. The van der Waals surface area contributed by atoms with E-state index in [4.69, 9.17) is 10.7 Å². The molecule has 6 nitrogen and oxygen atoms in total. The first-order valence-corrected chi connectivity index (χ1v) is 12.6. The molecule has 0 radical (unpaired) electrons. The third-order valence-corrected chi connectivity index (χ3v) is 7.08. The zero-order valence-electron chi connectivity index (χ0n) is 19.9. The predicted octanol–water partition coefficient (Wildman–Crippen LogP) is 5.37. The van der Waals surface area contributed by atoms with Crippen LogP contribution in [-0.4, -0.2) is 27.8 Å². The van der Waals surface area contributed by atoms with Gasteiger partial charge in [-0.05, 0) is 35.4 Å². The summed E-state index contributed by atoms with van der Waals surface area (Å²) in [6.45, 7) is 0. The number of hydrogen-bond donors (Lipinski definition) is 2. The van der Waals surface area contributed by atoms with Crippen molar-refractivity contribution in [3.8, 4) is 32.3 Å². The molecule has 7 heteroatoms. The van der Waals surface area contributed by atoms with Gasteiger partial charge in [0.1, 0.15) is 11.0 Å². The number of thiazole rings is 1. The molecule has 0 saturated heterocycles. The topological polar surface area (TPSA) is 98.0 Å². The lowest BCUT2D eigenvalue weighted by Crippen LogP contribution is -2.45. The van der Waals surface area contributed by atoms with E-state index in [0.717, 1.165) is 37.8 Å². The second-order valence-electron chi connectivity index (χ2n) is 8.50. The number of primary amides is 1. The number of carbonyl (C=O) groups excluding carboxylic acids is 2. The molecule has 3 N–H and O–H groups in total. The van der Waals surface area contributed by atoms with Gasteiger partial charge in [0.2, 0.25) is 5.91 Å². The molecule has 182 valence electrons. The molecule has 0 fully saturated rings. The second-order valence-corrected chi connectivity index (χ2v) is 9.50. The average Bonchev–Trinajstić information content (AvgIpc) is 3.40. The molecular weight excluding hydrogens is 480 g/mol. The zero-order valence-corrected chi connectivity index (χ0v) is 20.7. The van der Waals surface area contributed by atoms with E-state index >= 15 is 0 Å². The Morgan fingerprint density at radius 2 is 1.49 bits per heavy atom. The Hall–Kier alpha value is -4.62. The van der Waals surface area contributed by atoms with Crippen LogP contribution in [0.2, 0.25) is 0 Å². The maximum Gasteiger partial charge on any atom is 0.251 e. The van der Waals surface area contributed by atoms with Crippen molar-refractivity contribution in [2.75, 3.05) is 0 Å². The lowest BCUT2D eigenvalue weighted by atomic mass is 10.0. The van der Waals surface area contributed by atoms with E-state index in [0.29, 0.717) is 12.0 Å². The highest BCUT2D eigenvalue weighted by Gasteiger charge is 2.20. The van der Waals surface area contributed by atoms with Gasteiger partial charge in [0.05, 0.1) is 10.6 Å². The number of nitrogens with one attached hydrogen (secondary N) is 1. The lowest BCUT2D eigenvalue weighted by Gasteiger charge is -2.16. The zero-order chi connectivity index (χ0) is 25.6. The molecular formula is C30H24N4O2S. The summed E-state index contributed by atoms with van der Waals surface area (Å²) in [6.07, 6.45) is 3.87. The minimum absolute atomic E-state index is 0.330. The summed E-state index contributed by atoms with van der Waals surface area (Å²) in [5, 5.41) is 3.64. The molecule has 0 aliphatic heterocycles. The van der Waals surface area contributed by atoms with Crippen LogP contribution in [-0.2, 0) is 11.2 Å². The van der Waals surface area contributed by atoms with Crippen molar-refractivity contribution >= 4 is 23.2 Å². The van der Waals surface area contributed by atoms with Crippen LogP contribution in [0.25, 0.3) is 32.3 Å². The lowest BCUT2D eigenvalue weighted by molar-refractivity contribution is -0.119. The molecule has 0 saturated carbocycles. The number of nitrogens with two attached hydrogens (primary N) is 1. The highest BCUT2D eigenvalue weighted by Crippen LogP contribution is 2.40. The molecule has 1 atom stereocenters. The van der Waals surface area contributed by atoms with Crippen molar-refractivity contribution < 1.29 is 9.59 Å². The van der Waals surface area contributed by atoms with E-state index in [1.165, 1.54) is 0 Å². The molecule has 0 bridgehead atoms. The summed E-state index contributed by atoms with van der Waals surface area (Å²) in [5.74, 6) is -0.935. The van der Waals surface area contributed by atoms with E-state index in [1.54, 1.807) is 35.9 Å². The molecule has 2 amide bonds. The van der Waals surface area contributed by atoms with Gasteiger partial charge < -0.3 is 11.1 Å². The van der Waals surface area contributed by atoms with Crippen molar-refractivity contribution in [2.45, 2.75) is 12.5 Å².